The molecular formula is C28H23N5O3. The van der Waals surface area contributed by atoms with E-state index < -0.39 is 11.5 Å². The van der Waals surface area contributed by atoms with Gasteiger partial charge in [0, 0.05) is 34.2 Å². The zero-order valence-corrected chi connectivity index (χ0v) is 19.7. The van der Waals surface area contributed by atoms with Gasteiger partial charge in [-0.1, -0.05) is 35.9 Å². The zero-order valence-electron chi connectivity index (χ0n) is 19.7. The van der Waals surface area contributed by atoms with Gasteiger partial charge in [0.05, 0.1) is 0 Å². The van der Waals surface area contributed by atoms with Crippen molar-refractivity contribution in [1.82, 2.24) is 9.97 Å². The number of amides is 1. The largest absolute Gasteiger partial charge is 0.422 e. The number of carbonyl (C=O) groups excluding carboxylic acids is 1. The molecule has 8 heteroatoms. The second-order valence-corrected chi connectivity index (χ2v) is 8.35. The summed E-state index contributed by atoms with van der Waals surface area (Å²) in [6.45, 7) is 3.93. The molecule has 0 radical (unpaired) electrons. The molecule has 0 spiro atoms. The van der Waals surface area contributed by atoms with Crippen LogP contribution in [0.15, 0.2) is 94.1 Å². The van der Waals surface area contributed by atoms with E-state index in [1.165, 1.54) is 11.6 Å². The van der Waals surface area contributed by atoms with Gasteiger partial charge in [0.15, 0.2) is 0 Å². The third-order valence-electron chi connectivity index (χ3n) is 5.46. The molecule has 1 amide bonds. The summed E-state index contributed by atoms with van der Waals surface area (Å²) in [7, 11) is 0. The average Bonchev–Trinajstić information content (AvgIpc) is 2.86. The molecule has 0 aliphatic heterocycles. The summed E-state index contributed by atoms with van der Waals surface area (Å²) in [5.41, 5.74) is 3.90. The molecule has 0 saturated carbocycles. The standard InChI is InChI=1S/C28H23N5O3/c1-17-7-9-22(10-8-17)32-28-29-18(2)15-25(33-28)30-20-11-13-21(14-12-20)31-26(34)23-16-19-5-3-4-6-24(19)36-27(23)35/h3-16H,1-2H3,(H,31,34)(H2,29,30,32,33). The number of carbonyl (C=O) groups is 1. The topological polar surface area (TPSA) is 109 Å². The first-order valence-corrected chi connectivity index (χ1v) is 11.3. The van der Waals surface area contributed by atoms with Crippen molar-refractivity contribution in [3.05, 3.63) is 112 Å². The SMILES string of the molecule is Cc1ccc(Nc2nc(C)cc(Nc3ccc(NC(=O)c4cc5ccccc5oc4=O)cc3)n2)cc1. The highest BCUT2D eigenvalue weighted by molar-refractivity contribution is 6.05. The first-order chi connectivity index (χ1) is 17.4. The molecule has 3 aromatic carbocycles. The first-order valence-electron chi connectivity index (χ1n) is 11.3. The number of para-hydroxylation sites is 1. The fourth-order valence-corrected chi connectivity index (χ4v) is 3.66. The molecule has 8 nitrogen and oxygen atoms in total. The van der Waals surface area contributed by atoms with Crippen LogP contribution >= 0.6 is 0 Å². The van der Waals surface area contributed by atoms with Crippen molar-refractivity contribution < 1.29 is 9.21 Å². The molecule has 2 heterocycles. The van der Waals surface area contributed by atoms with E-state index in [0.717, 1.165) is 17.1 Å². The van der Waals surface area contributed by atoms with E-state index in [1.54, 1.807) is 30.3 Å². The van der Waals surface area contributed by atoms with Crippen molar-refractivity contribution in [1.29, 1.82) is 0 Å². The van der Waals surface area contributed by atoms with Crippen molar-refractivity contribution in [2.24, 2.45) is 0 Å². The highest BCUT2D eigenvalue weighted by Gasteiger charge is 2.14. The minimum Gasteiger partial charge on any atom is -0.422 e. The summed E-state index contributed by atoms with van der Waals surface area (Å²) in [6.07, 6.45) is 0. The molecule has 5 aromatic rings. The van der Waals surface area contributed by atoms with E-state index in [1.807, 2.05) is 62.4 Å². The van der Waals surface area contributed by atoms with Crippen LogP contribution in [0.2, 0.25) is 0 Å². The number of nitrogens with one attached hydrogen (secondary N) is 3. The van der Waals surface area contributed by atoms with Gasteiger partial charge in [-0.2, -0.15) is 4.98 Å². The van der Waals surface area contributed by atoms with E-state index in [9.17, 15) is 9.59 Å². The number of benzene rings is 3. The summed E-state index contributed by atoms with van der Waals surface area (Å²) >= 11 is 0. The normalized spacial score (nSPS) is 10.7. The van der Waals surface area contributed by atoms with Crippen molar-refractivity contribution in [3.63, 3.8) is 0 Å². The Morgan fingerprint density at radius 3 is 2.22 bits per heavy atom. The highest BCUT2D eigenvalue weighted by Crippen LogP contribution is 2.21. The molecule has 0 aliphatic rings. The predicted octanol–water partition coefficient (Wildman–Crippen LogP) is 5.94. The van der Waals surface area contributed by atoms with Gasteiger partial charge in [0.1, 0.15) is 17.0 Å². The van der Waals surface area contributed by atoms with Crippen LogP contribution < -0.4 is 21.6 Å². The summed E-state index contributed by atoms with van der Waals surface area (Å²) in [5, 5.41) is 9.89. The number of fused-ring (bicyclic) bond motifs is 1. The monoisotopic (exact) mass is 477 g/mol. The van der Waals surface area contributed by atoms with Crippen LogP contribution in [0.25, 0.3) is 11.0 Å². The lowest BCUT2D eigenvalue weighted by atomic mass is 10.1. The van der Waals surface area contributed by atoms with E-state index in [0.29, 0.717) is 28.4 Å². The summed E-state index contributed by atoms with van der Waals surface area (Å²) < 4.78 is 5.26. The van der Waals surface area contributed by atoms with Crippen LogP contribution in [0, 0.1) is 13.8 Å². The van der Waals surface area contributed by atoms with E-state index in [4.69, 9.17) is 4.42 Å². The maximum Gasteiger partial charge on any atom is 0.349 e. The Kier molecular flexibility index (Phi) is 6.15. The van der Waals surface area contributed by atoms with Crippen LogP contribution in [0.4, 0.5) is 28.8 Å². The quantitative estimate of drug-likeness (QED) is 0.260. The number of aryl methyl sites for hydroxylation is 2. The Bertz CT molecular complexity index is 1610. The van der Waals surface area contributed by atoms with Crippen molar-refractivity contribution >= 4 is 45.7 Å². The van der Waals surface area contributed by atoms with Gasteiger partial charge in [-0.15, -0.1) is 0 Å². The summed E-state index contributed by atoms with van der Waals surface area (Å²) in [5.74, 6) is 0.579. The molecule has 178 valence electrons. The zero-order chi connectivity index (χ0) is 25.1. The Labute approximate surface area is 207 Å². The average molecular weight is 478 g/mol. The lowest BCUT2D eigenvalue weighted by Crippen LogP contribution is -2.20. The molecule has 0 saturated heterocycles. The minimum atomic E-state index is -0.682. The van der Waals surface area contributed by atoms with Gasteiger partial charge >= 0.3 is 5.63 Å². The number of aromatic nitrogens is 2. The van der Waals surface area contributed by atoms with Crippen molar-refractivity contribution in [3.8, 4) is 0 Å². The summed E-state index contributed by atoms with van der Waals surface area (Å²) in [4.78, 5) is 33.9. The second-order valence-electron chi connectivity index (χ2n) is 8.35. The predicted molar refractivity (Wildman–Crippen MR) is 141 cm³/mol. The molecular weight excluding hydrogens is 454 g/mol. The van der Waals surface area contributed by atoms with E-state index in [-0.39, 0.29) is 5.56 Å². The van der Waals surface area contributed by atoms with Crippen LogP contribution in [-0.4, -0.2) is 15.9 Å². The minimum absolute atomic E-state index is 0.0547. The van der Waals surface area contributed by atoms with Crippen LogP contribution in [0.3, 0.4) is 0 Å². The van der Waals surface area contributed by atoms with Gasteiger partial charge in [-0.25, -0.2) is 9.78 Å². The molecule has 2 aromatic heterocycles. The van der Waals surface area contributed by atoms with Crippen LogP contribution in [-0.2, 0) is 0 Å². The Hall–Kier alpha value is -4.98. The van der Waals surface area contributed by atoms with E-state index >= 15 is 0 Å². The molecule has 0 aliphatic carbocycles. The maximum absolute atomic E-state index is 12.7. The number of rotatable bonds is 6. The lowest BCUT2D eigenvalue weighted by Gasteiger charge is -2.11. The molecule has 36 heavy (non-hydrogen) atoms. The maximum atomic E-state index is 12.7. The molecule has 3 N–H and O–H groups in total. The Morgan fingerprint density at radius 2 is 1.44 bits per heavy atom. The van der Waals surface area contributed by atoms with Gasteiger partial charge in [-0.05, 0) is 62.4 Å². The Balaban J connectivity index is 1.28. The molecule has 0 bridgehead atoms. The van der Waals surface area contributed by atoms with Crippen molar-refractivity contribution in [2.45, 2.75) is 13.8 Å². The number of anilines is 5. The smallest absolute Gasteiger partial charge is 0.349 e. The third kappa shape index (κ3) is 5.23. The molecule has 0 unspecified atom stereocenters. The second kappa shape index (κ2) is 9.71. The van der Waals surface area contributed by atoms with Gasteiger partial charge in [-0.3, -0.25) is 4.79 Å². The first kappa shape index (κ1) is 22.8. The van der Waals surface area contributed by atoms with Crippen LogP contribution in [0.1, 0.15) is 21.6 Å². The van der Waals surface area contributed by atoms with Gasteiger partial charge in [0.2, 0.25) is 5.95 Å². The van der Waals surface area contributed by atoms with Gasteiger partial charge < -0.3 is 20.4 Å². The number of nitrogens with zero attached hydrogens (tertiary/aromatic N) is 2. The fourth-order valence-electron chi connectivity index (χ4n) is 3.66. The highest BCUT2D eigenvalue weighted by atomic mass is 16.4. The number of hydrogen-bond acceptors (Lipinski definition) is 7. The Morgan fingerprint density at radius 1 is 0.778 bits per heavy atom. The van der Waals surface area contributed by atoms with Gasteiger partial charge in [0.25, 0.3) is 5.91 Å². The van der Waals surface area contributed by atoms with Crippen molar-refractivity contribution in [2.75, 3.05) is 16.0 Å². The number of hydrogen-bond donors (Lipinski definition) is 3. The fraction of sp³-hybridized carbons (Fsp3) is 0.0714. The van der Waals surface area contributed by atoms with E-state index in [2.05, 4.69) is 25.9 Å². The molecule has 0 fully saturated rings. The molecule has 0 atom stereocenters. The third-order valence-corrected chi connectivity index (χ3v) is 5.46. The molecule has 5 rings (SSSR count). The van der Waals surface area contributed by atoms with Crippen LogP contribution in [0.5, 0.6) is 0 Å². The lowest BCUT2D eigenvalue weighted by molar-refractivity contribution is 0.102. The summed E-state index contributed by atoms with van der Waals surface area (Å²) in [6, 6.07) is 25.5.